The number of benzene rings is 1. The Balaban J connectivity index is 2.59. The third-order valence-corrected chi connectivity index (χ3v) is 3.66. The molecule has 0 saturated carbocycles. The van der Waals surface area contributed by atoms with E-state index in [0.29, 0.717) is 6.42 Å². The summed E-state index contributed by atoms with van der Waals surface area (Å²) in [7, 11) is 0. The highest BCUT2D eigenvalue weighted by molar-refractivity contribution is 6.02. The molecule has 0 bridgehead atoms. The lowest BCUT2D eigenvalue weighted by molar-refractivity contribution is -0.116. The van der Waals surface area contributed by atoms with Gasteiger partial charge in [0.1, 0.15) is 0 Å². The number of nitrogens with one attached hydrogen (secondary N) is 1. The monoisotopic (exact) mass is 284 g/mol. The van der Waals surface area contributed by atoms with Crippen LogP contribution in [-0.4, -0.2) is 10.9 Å². The van der Waals surface area contributed by atoms with Crippen molar-refractivity contribution in [3.63, 3.8) is 0 Å². The van der Waals surface area contributed by atoms with Gasteiger partial charge < -0.3 is 5.32 Å². The maximum atomic E-state index is 12.1. The number of aromatic nitrogens is 1. The molecular formula is C18H24N2O. The van der Waals surface area contributed by atoms with Crippen LogP contribution in [-0.2, 0) is 17.6 Å². The van der Waals surface area contributed by atoms with Crippen molar-refractivity contribution in [2.75, 3.05) is 5.32 Å². The first-order valence-corrected chi connectivity index (χ1v) is 7.91. The van der Waals surface area contributed by atoms with Gasteiger partial charge in [-0.05, 0) is 30.9 Å². The van der Waals surface area contributed by atoms with Crippen molar-refractivity contribution in [2.45, 2.75) is 52.9 Å². The van der Waals surface area contributed by atoms with Gasteiger partial charge >= 0.3 is 0 Å². The number of hydrogen-bond donors (Lipinski definition) is 1. The Morgan fingerprint density at radius 1 is 1.14 bits per heavy atom. The summed E-state index contributed by atoms with van der Waals surface area (Å²) >= 11 is 0. The van der Waals surface area contributed by atoms with E-state index in [-0.39, 0.29) is 5.91 Å². The zero-order valence-corrected chi connectivity index (χ0v) is 13.2. The summed E-state index contributed by atoms with van der Waals surface area (Å²) < 4.78 is 0. The third kappa shape index (κ3) is 3.41. The number of pyridine rings is 1. The van der Waals surface area contributed by atoms with Gasteiger partial charge in [-0.3, -0.25) is 9.78 Å². The number of para-hydroxylation sites is 1. The summed E-state index contributed by atoms with van der Waals surface area (Å²) in [4.78, 5) is 16.9. The van der Waals surface area contributed by atoms with E-state index in [1.807, 2.05) is 31.2 Å². The van der Waals surface area contributed by atoms with Gasteiger partial charge in [-0.1, -0.05) is 45.4 Å². The summed E-state index contributed by atoms with van der Waals surface area (Å²) in [5, 5.41) is 4.17. The van der Waals surface area contributed by atoms with Crippen LogP contribution >= 0.6 is 0 Å². The van der Waals surface area contributed by atoms with E-state index in [9.17, 15) is 4.79 Å². The van der Waals surface area contributed by atoms with Gasteiger partial charge in [-0.2, -0.15) is 0 Å². The quantitative estimate of drug-likeness (QED) is 0.849. The van der Waals surface area contributed by atoms with E-state index in [2.05, 4.69) is 19.2 Å². The Labute approximate surface area is 126 Å². The molecule has 0 saturated heterocycles. The highest BCUT2D eigenvalue weighted by atomic mass is 16.1. The van der Waals surface area contributed by atoms with E-state index in [4.69, 9.17) is 4.98 Å². The summed E-state index contributed by atoms with van der Waals surface area (Å²) in [5.41, 5.74) is 4.22. The van der Waals surface area contributed by atoms with Crippen LogP contribution in [0.5, 0.6) is 0 Å². The molecular weight excluding hydrogens is 260 g/mol. The fraction of sp³-hybridized carbons (Fsp3) is 0.444. The molecule has 1 heterocycles. The van der Waals surface area contributed by atoms with Gasteiger partial charge in [0, 0.05) is 17.5 Å². The molecule has 0 aliphatic carbocycles. The fourth-order valence-electron chi connectivity index (χ4n) is 2.70. The maximum Gasteiger partial charge on any atom is 0.224 e. The largest absolute Gasteiger partial charge is 0.325 e. The smallest absolute Gasteiger partial charge is 0.224 e. The lowest BCUT2D eigenvalue weighted by Crippen LogP contribution is -2.14. The van der Waals surface area contributed by atoms with E-state index >= 15 is 0 Å². The molecule has 1 amide bonds. The Kier molecular flexibility index (Phi) is 5.32. The Morgan fingerprint density at radius 3 is 2.57 bits per heavy atom. The second-order valence-electron chi connectivity index (χ2n) is 5.33. The second kappa shape index (κ2) is 7.21. The molecule has 2 rings (SSSR count). The number of hydrogen-bond acceptors (Lipinski definition) is 2. The maximum absolute atomic E-state index is 12.1. The minimum Gasteiger partial charge on any atom is -0.325 e. The van der Waals surface area contributed by atoms with E-state index < -0.39 is 0 Å². The predicted molar refractivity (Wildman–Crippen MR) is 88.7 cm³/mol. The topological polar surface area (TPSA) is 42.0 Å². The highest BCUT2D eigenvalue weighted by Gasteiger charge is 2.15. The standard InChI is InChI=1S/C18H24N2O/c1-4-9-15-13(6-3)18(20-17(21)10-5-2)14-11-7-8-12-16(14)19-15/h7-8,11-12H,4-6,9-10H2,1-3H3,(H,19,20,21). The van der Waals surface area contributed by atoms with E-state index in [1.54, 1.807) is 0 Å². The molecule has 1 N–H and O–H groups in total. The van der Waals surface area contributed by atoms with Crippen LogP contribution in [0.3, 0.4) is 0 Å². The van der Waals surface area contributed by atoms with Gasteiger partial charge in [-0.15, -0.1) is 0 Å². The molecule has 0 aliphatic rings. The number of anilines is 1. The molecule has 0 radical (unpaired) electrons. The number of rotatable bonds is 6. The van der Waals surface area contributed by atoms with Crippen LogP contribution in [0.4, 0.5) is 5.69 Å². The molecule has 0 atom stereocenters. The Morgan fingerprint density at radius 2 is 1.90 bits per heavy atom. The van der Waals surface area contributed by atoms with Gasteiger partial charge in [0.15, 0.2) is 0 Å². The molecule has 112 valence electrons. The van der Waals surface area contributed by atoms with Crippen LogP contribution in [0.25, 0.3) is 10.9 Å². The number of carbonyl (C=O) groups excluding carboxylic acids is 1. The predicted octanol–water partition coefficient (Wildman–Crippen LogP) is 4.49. The number of carbonyl (C=O) groups is 1. The van der Waals surface area contributed by atoms with Crippen molar-refractivity contribution in [3.05, 3.63) is 35.5 Å². The van der Waals surface area contributed by atoms with Crippen LogP contribution in [0.1, 0.15) is 51.3 Å². The second-order valence-corrected chi connectivity index (χ2v) is 5.33. The molecule has 3 heteroatoms. The minimum absolute atomic E-state index is 0.0889. The molecule has 0 fully saturated rings. The SMILES string of the molecule is CCCC(=O)Nc1c(CC)c(CCC)nc2ccccc12. The average Bonchev–Trinajstić information content (AvgIpc) is 2.48. The van der Waals surface area contributed by atoms with Crippen LogP contribution in [0.15, 0.2) is 24.3 Å². The molecule has 0 spiro atoms. The normalized spacial score (nSPS) is 10.8. The first-order chi connectivity index (χ1) is 10.2. The zero-order chi connectivity index (χ0) is 15.2. The average molecular weight is 284 g/mol. The van der Waals surface area contributed by atoms with Gasteiger partial charge in [0.25, 0.3) is 0 Å². The van der Waals surface area contributed by atoms with Crippen LogP contribution < -0.4 is 5.32 Å². The minimum atomic E-state index is 0.0889. The summed E-state index contributed by atoms with van der Waals surface area (Å²) in [6, 6.07) is 8.05. The number of nitrogens with zero attached hydrogens (tertiary/aromatic N) is 1. The molecule has 3 nitrogen and oxygen atoms in total. The van der Waals surface area contributed by atoms with E-state index in [1.165, 1.54) is 5.56 Å². The van der Waals surface area contributed by atoms with Gasteiger partial charge in [0.2, 0.25) is 5.91 Å². The Hall–Kier alpha value is -1.90. The molecule has 1 aromatic heterocycles. The first-order valence-electron chi connectivity index (χ1n) is 7.91. The van der Waals surface area contributed by atoms with E-state index in [0.717, 1.165) is 48.0 Å². The summed E-state index contributed by atoms with van der Waals surface area (Å²) in [6.07, 6.45) is 4.31. The van der Waals surface area contributed by atoms with Crippen molar-refractivity contribution in [3.8, 4) is 0 Å². The van der Waals surface area contributed by atoms with Crippen LogP contribution in [0, 0.1) is 0 Å². The number of fused-ring (bicyclic) bond motifs is 1. The molecule has 21 heavy (non-hydrogen) atoms. The van der Waals surface area contributed by atoms with Crippen molar-refractivity contribution >= 4 is 22.5 Å². The Bertz CT molecular complexity index is 634. The molecule has 2 aromatic rings. The lowest BCUT2D eigenvalue weighted by atomic mass is 10.0. The van der Waals surface area contributed by atoms with Gasteiger partial charge in [0.05, 0.1) is 11.2 Å². The molecule has 1 aromatic carbocycles. The van der Waals surface area contributed by atoms with Crippen molar-refractivity contribution in [1.29, 1.82) is 0 Å². The van der Waals surface area contributed by atoms with Crippen molar-refractivity contribution in [2.24, 2.45) is 0 Å². The third-order valence-electron chi connectivity index (χ3n) is 3.66. The lowest BCUT2D eigenvalue weighted by Gasteiger charge is -2.16. The number of aryl methyl sites for hydroxylation is 1. The number of amides is 1. The van der Waals surface area contributed by atoms with Crippen molar-refractivity contribution < 1.29 is 4.79 Å². The summed E-state index contributed by atoms with van der Waals surface area (Å²) in [6.45, 7) is 6.31. The van der Waals surface area contributed by atoms with Crippen molar-refractivity contribution in [1.82, 2.24) is 4.98 Å². The molecule has 0 unspecified atom stereocenters. The van der Waals surface area contributed by atoms with Crippen LogP contribution in [0.2, 0.25) is 0 Å². The summed E-state index contributed by atoms with van der Waals surface area (Å²) in [5.74, 6) is 0.0889. The zero-order valence-electron chi connectivity index (χ0n) is 13.2. The first kappa shape index (κ1) is 15.5. The highest BCUT2D eigenvalue weighted by Crippen LogP contribution is 2.30. The molecule has 0 aliphatic heterocycles. The fourth-order valence-corrected chi connectivity index (χ4v) is 2.70. The van der Waals surface area contributed by atoms with Gasteiger partial charge in [-0.25, -0.2) is 0 Å².